The number of amides is 1. The molecule has 4 heteroatoms. The lowest BCUT2D eigenvalue weighted by Gasteiger charge is -2.24. The van der Waals surface area contributed by atoms with E-state index in [0.717, 1.165) is 0 Å². The molecule has 1 atom stereocenters. The fraction of sp³-hybridized carbons (Fsp3) is 0.933. The molecule has 114 valence electrons. The van der Waals surface area contributed by atoms with Crippen molar-refractivity contribution in [2.24, 2.45) is 0 Å². The van der Waals surface area contributed by atoms with E-state index < -0.39 is 5.60 Å². The van der Waals surface area contributed by atoms with Crippen molar-refractivity contribution >= 4 is 6.09 Å². The van der Waals surface area contributed by atoms with Crippen LogP contribution in [-0.4, -0.2) is 30.3 Å². The topological polar surface area (TPSA) is 50.4 Å². The Morgan fingerprint density at radius 3 is 2.11 bits per heavy atom. The van der Waals surface area contributed by atoms with Crippen molar-refractivity contribution in [1.82, 2.24) is 10.6 Å². The molecule has 0 saturated carbocycles. The zero-order valence-corrected chi connectivity index (χ0v) is 13.5. The number of rotatable bonds is 8. The largest absolute Gasteiger partial charge is 0.444 e. The first kappa shape index (κ1) is 18.2. The van der Waals surface area contributed by atoms with Crippen molar-refractivity contribution in [3.05, 3.63) is 0 Å². The number of nitrogens with one attached hydrogen (secondary N) is 2. The molecule has 0 bridgehead atoms. The van der Waals surface area contributed by atoms with Gasteiger partial charge in [-0.25, -0.2) is 4.79 Å². The second-order valence-electron chi connectivity index (χ2n) is 6.22. The summed E-state index contributed by atoms with van der Waals surface area (Å²) in [4.78, 5) is 11.5. The van der Waals surface area contributed by atoms with Gasteiger partial charge in [0.2, 0.25) is 0 Å². The summed E-state index contributed by atoms with van der Waals surface area (Å²) in [7, 11) is 0. The van der Waals surface area contributed by atoms with Crippen molar-refractivity contribution in [2.45, 2.75) is 84.9 Å². The smallest absolute Gasteiger partial charge is 0.407 e. The summed E-state index contributed by atoms with van der Waals surface area (Å²) in [5.74, 6) is 0. The number of ether oxygens (including phenoxy) is 1. The molecule has 1 amide bonds. The van der Waals surface area contributed by atoms with Crippen LogP contribution in [0.5, 0.6) is 0 Å². The van der Waals surface area contributed by atoms with Gasteiger partial charge in [0.05, 0.1) is 0 Å². The number of carbonyl (C=O) groups excluding carboxylic acids is 1. The quantitative estimate of drug-likeness (QED) is 0.711. The lowest BCUT2D eigenvalue weighted by atomic mass is 10.1. The fourth-order valence-corrected chi connectivity index (χ4v) is 2.02. The van der Waals surface area contributed by atoms with Gasteiger partial charge >= 0.3 is 6.09 Å². The maximum Gasteiger partial charge on any atom is 0.407 e. The molecule has 0 spiro atoms. The van der Waals surface area contributed by atoms with Gasteiger partial charge in [-0.15, -0.1) is 0 Å². The molecule has 0 aliphatic rings. The molecule has 0 rings (SSSR count). The van der Waals surface area contributed by atoms with Crippen LogP contribution in [0, 0.1) is 0 Å². The van der Waals surface area contributed by atoms with Gasteiger partial charge in [0.25, 0.3) is 0 Å². The Balaban J connectivity index is 3.95. The summed E-state index contributed by atoms with van der Waals surface area (Å²) in [6.07, 6.45) is 4.40. The highest BCUT2D eigenvalue weighted by Crippen LogP contribution is 2.07. The Morgan fingerprint density at radius 2 is 1.68 bits per heavy atom. The lowest BCUT2D eigenvalue weighted by molar-refractivity contribution is 0.0522. The third-order valence-corrected chi connectivity index (χ3v) is 2.75. The van der Waals surface area contributed by atoms with E-state index in [2.05, 4.69) is 31.4 Å². The van der Waals surface area contributed by atoms with Gasteiger partial charge in [-0.2, -0.15) is 0 Å². The summed E-state index contributed by atoms with van der Waals surface area (Å²) in [6, 6.07) is 0.807. The summed E-state index contributed by atoms with van der Waals surface area (Å²) in [5, 5.41) is 6.37. The summed E-state index contributed by atoms with van der Waals surface area (Å²) < 4.78 is 5.21. The van der Waals surface area contributed by atoms with Gasteiger partial charge in [0, 0.05) is 18.6 Å². The lowest BCUT2D eigenvalue weighted by Crippen LogP contribution is -2.44. The SMILES string of the molecule is CCCC(CCC)NC(C)CNC(=O)OC(C)(C)C. The Hall–Kier alpha value is -0.770. The van der Waals surface area contributed by atoms with E-state index in [4.69, 9.17) is 4.74 Å². The van der Waals surface area contributed by atoms with Crippen LogP contribution in [0.1, 0.15) is 67.2 Å². The maximum absolute atomic E-state index is 11.5. The Bertz CT molecular complexity index is 243. The molecule has 4 nitrogen and oxygen atoms in total. The molecule has 2 N–H and O–H groups in total. The minimum atomic E-state index is -0.437. The van der Waals surface area contributed by atoms with Crippen molar-refractivity contribution < 1.29 is 9.53 Å². The minimum absolute atomic E-state index is 0.260. The number of alkyl carbamates (subject to hydrolysis) is 1. The molecule has 19 heavy (non-hydrogen) atoms. The third kappa shape index (κ3) is 10.8. The molecule has 0 aromatic carbocycles. The summed E-state index contributed by atoms with van der Waals surface area (Å²) in [5.41, 5.74) is -0.437. The van der Waals surface area contributed by atoms with E-state index in [1.807, 2.05) is 20.8 Å². The number of hydrogen-bond donors (Lipinski definition) is 2. The molecule has 0 saturated heterocycles. The van der Waals surface area contributed by atoms with Gasteiger partial charge in [-0.3, -0.25) is 0 Å². The summed E-state index contributed by atoms with van der Waals surface area (Å²) >= 11 is 0. The molecule has 0 radical (unpaired) electrons. The molecular formula is C15H32N2O2. The van der Waals surface area contributed by atoms with Crippen molar-refractivity contribution in [3.63, 3.8) is 0 Å². The van der Waals surface area contributed by atoms with Crippen LogP contribution >= 0.6 is 0 Å². The number of hydrogen-bond acceptors (Lipinski definition) is 3. The Kier molecular flexibility index (Phi) is 8.81. The maximum atomic E-state index is 11.5. The predicted molar refractivity (Wildman–Crippen MR) is 80.4 cm³/mol. The van der Waals surface area contributed by atoms with Gasteiger partial charge in [-0.05, 0) is 40.5 Å². The van der Waals surface area contributed by atoms with Crippen LogP contribution in [0.2, 0.25) is 0 Å². The van der Waals surface area contributed by atoms with Gasteiger partial charge in [0.15, 0.2) is 0 Å². The third-order valence-electron chi connectivity index (χ3n) is 2.75. The zero-order chi connectivity index (χ0) is 14.9. The van der Waals surface area contributed by atoms with E-state index in [1.165, 1.54) is 25.7 Å². The molecule has 0 aromatic rings. The van der Waals surface area contributed by atoms with E-state index in [1.54, 1.807) is 0 Å². The van der Waals surface area contributed by atoms with Crippen molar-refractivity contribution in [1.29, 1.82) is 0 Å². The fourth-order valence-electron chi connectivity index (χ4n) is 2.02. The molecule has 1 unspecified atom stereocenters. The van der Waals surface area contributed by atoms with Crippen LogP contribution in [0.15, 0.2) is 0 Å². The highest BCUT2D eigenvalue weighted by Gasteiger charge is 2.17. The van der Waals surface area contributed by atoms with Crippen LogP contribution in [0.4, 0.5) is 4.79 Å². The standard InChI is InChI=1S/C15H32N2O2/c1-7-9-13(10-8-2)17-12(3)11-16-14(18)19-15(4,5)6/h12-13,17H,7-11H2,1-6H3,(H,16,18). The predicted octanol–water partition coefficient (Wildman–Crippen LogP) is 3.46. The highest BCUT2D eigenvalue weighted by atomic mass is 16.6. The molecule has 0 aliphatic heterocycles. The first-order chi connectivity index (χ1) is 8.78. The monoisotopic (exact) mass is 272 g/mol. The molecular weight excluding hydrogens is 240 g/mol. The van der Waals surface area contributed by atoms with Crippen molar-refractivity contribution in [2.75, 3.05) is 6.54 Å². The van der Waals surface area contributed by atoms with E-state index in [-0.39, 0.29) is 12.1 Å². The van der Waals surface area contributed by atoms with Gasteiger partial charge in [0.1, 0.15) is 5.60 Å². The van der Waals surface area contributed by atoms with E-state index in [0.29, 0.717) is 12.6 Å². The Morgan fingerprint density at radius 1 is 1.16 bits per heavy atom. The zero-order valence-electron chi connectivity index (χ0n) is 13.5. The molecule has 0 heterocycles. The second-order valence-corrected chi connectivity index (χ2v) is 6.22. The van der Waals surface area contributed by atoms with Crippen LogP contribution in [-0.2, 0) is 4.74 Å². The van der Waals surface area contributed by atoms with Crippen LogP contribution in [0.3, 0.4) is 0 Å². The minimum Gasteiger partial charge on any atom is -0.444 e. The van der Waals surface area contributed by atoms with Crippen molar-refractivity contribution in [3.8, 4) is 0 Å². The second kappa shape index (κ2) is 9.18. The normalized spacial score (nSPS) is 13.4. The molecule has 0 aliphatic carbocycles. The Labute approximate surface area is 118 Å². The highest BCUT2D eigenvalue weighted by molar-refractivity contribution is 5.67. The van der Waals surface area contributed by atoms with E-state index in [9.17, 15) is 4.79 Å². The average molecular weight is 272 g/mol. The first-order valence-electron chi connectivity index (χ1n) is 7.51. The van der Waals surface area contributed by atoms with Crippen LogP contribution < -0.4 is 10.6 Å². The van der Waals surface area contributed by atoms with E-state index >= 15 is 0 Å². The van der Waals surface area contributed by atoms with Crippen LogP contribution in [0.25, 0.3) is 0 Å². The molecule has 0 fully saturated rings. The number of carbonyl (C=O) groups is 1. The first-order valence-corrected chi connectivity index (χ1v) is 7.51. The van der Waals surface area contributed by atoms with Gasteiger partial charge < -0.3 is 15.4 Å². The molecule has 0 aromatic heterocycles. The van der Waals surface area contributed by atoms with Gasteiger partial charge in [-0.1, -0.05) is 26.7 Å². The summed E-state index contributed by atoms with van der Waals surface area (Å²) in [6.45, 7) is 12.7. The average Bonchev–Trinajstić information content (AvgIpc) is 2.25.